The highest BCUT2D eigenvalue weighted by Crippen LogP contribution is 2.37. The van der Waals surface area contributed by atoms with Gasteiger partial charge in [-0.2, -0.15) is 0 Å². The van der Waals surface area contributed by atoms with E-state index in [2.05, 4.69) is 6.58 Å². The second kappa shape index (κ2) is 9.34. The van der Waals surface area contributed by atoms with E-state index in [4.69, 9.17) is 27.9 Å². The summed E-state index contributed by atoms with van der Waals surface area (Å²) in [5.74, 6) is -0.163. The van der Waals surface area contributed by atoms with E-state index in [9.17, 15) is 19.7 Å². The molecule has 0 aliphatic carbocycles. The summed E-state index contributed by atoms with van der Waals surface area (Å²) in [4.78, 5) is 35.8. The minimum Gasteiger partial charge on any atom is -0.486 e. The van der Waals surface area contributed by atoms with Gasteiger partial charge in [0, 0.05) is 18.7 Å². The highest BCUT2D eigenvalue weighted by Gasteiger charge is 2.34. The van der Waals surface area contributed by atoms with Gasteiger partial charge in [-0.25, -0.2) is 0 Å². The standard InChI is InChI=1S/C20H14Cl2N2O5S/c1-2-7-23-19(25)17(30-20(23)26)10-13-8-15(21)18(16(22)9-13)29-11-12-3-5-14(6-4-12)24(27)28/h2-6,8-10H,1,7,11H2/b17-10+. The van der Waals surface area contributed by atoms with Crippen LogP contribution in [0.4, 0.5) is 10.5 Å². The van der Waals surface area contributed by atoms with E-state index in [1.54, 1.807) is 24.3 Å². The molecule has 2 aromatic rings. The maximum absolute atomic E-state index is 12.3. The highest BCUT2D eigenvalue weighted by atomic mass is 35.5. The molecule has 0 saturated carbocycles. The van der Waals surface area contributed by atoms with Gasteiger partial charge in [0.2, 0.25) is 0 Å². The van der Waals surface area contributed by atoms with Crippen LogP contribution in [0.3, 0.4) is 0 Å². The van der Waals surface area contributed by atoms with Gasteiger partial charge < -0.3 is 4.74 Å². The van der Waals surface area contributed by atoms with Crippen LogP contribution in [0.15, 0.2) is 54.0 Å². The van der Waals surface area contributed by atoms with Crippen molar-refractivity contribution in [1.82, 2.24) is 4.90 Å². The van der Waals surface area contributed by atoms with Gasteiger partial charge >= 0.3 is 0 Å². The molecule has 1 saturated heterocycles. The molecule has 1 aliphatic rings. The van der Waals surface area contributed by atoms with Crippen LogP contribution in [0.25, 0.3) is 6.08 Å². The van der Waals surface area contributed by atoms with Crippen molar-refractivity contribution < 1.29 is 19.2 Å². The van der Waals surface area contributed by atoms with Gasteiger partial charge in [0.05, 0.1) is 19.9 Å². The number of nitro groups is 1. The van der Waals surface area contributed by atoms with Crippen molar-refractivity contribution in [2.75, 3.05) is 6.54 Å². The van der Waals surface area contributed by atoms with Gasteiger partial charge in [-0.05, 0) is 53.2 Å². The molecule has 154 valence electrons. The topological polar surface area (TPSA) is 89.8 Å². The molecule has 1 aliphatic heterocycles. The molecule has 0 bridgehead atoms. The molecule has 30 heavy (non-hydrogen) atoms. The number of imide groups is 1. The summed E-state index contributed by atoms with van der Waals surface area (Å²) in [5, 5.41) is 10.8. The number of hydrogen-bond acceptors (Lipinski definition) is 6. The smallest absolute Gasteiger partial charge is 0.293 e. The van der Waals surface area contributed by atoms with Crippen molar-refractivity contribution in [3.05, 3.63) is 85.2 Å². The number of nitro benzene ring substituents is 1. The monoisotopic (exact) mass is 464 g/mol. The van der Waals surface area contributed by atoms with Crippen LogP contribution in [0.1, 0.15) is 11.1 Å². The summed E-state index contributed by atoms with van der Waals surface area (Å²) >= 11 is 13.4. The number of ether oxygens (including phenoxy) is 1. The summed E-state index contributed by atoms with van der Waals surface area (Å²) < 4.78 is 5.67. The number of amides is 2. The van der Waals surface area contributed by atoms with Gasteiger partial charge in [0.15, 0.2) is 5.75 Å². The Bertz CT molecular complexity index is 1050. The number of hydrogen-bond donors (Lipinski definition) is 0. The number of thioether (sulfide) groups is 1. The molecule has 0 unspecified atom stereocenters. The average molecular weight is 465 g/mol. The third-order valence-electron chi connectivity index (χ3n) is 4.03. The minimum absolute atomic E-state index is 0.0170. The Labute approximate surface area is 186 Å². The lowest BCUT2D eigenvalue weighted by Crippen LogP contribution is -2.27. The number of nitrogens with zero attached hydrogens (tertiary/aromatic N) is 2. The molecule has 0 atom stereocenters. The minimum atomic E-state index is -0.483. The van der Waals surface area contributed by atoms with E-state index in [0.29, 0.717) is 11.1 Å². The maximum Gasteiger partial charge on any atom is 0.293 e. The summed E-state index contributed by atoms with van der Waals surface area (Å²) in [5.41, 5.74) is 1.22. The average Bonchev–Trinajstić information content (AvgIpc) is 2.95. The first-order chi connectivity index (χ1) is 14.3. The largest absolute Gasteiger partial charge is 0.486 e. The van der Waals surface area contributed by atoms with Crippen molar-refractivity contribution in [3.63, 3.8) is 0 Å². The number of carbonyl (C=O) groups is 2. The molecule has 0 aromatic heterocycles. The van der Waals surface area contributed by atoms with Gasteiger partial charge in [0.1, 0.15) is 6.61 Å². The van der Waals surface area contributed by atoms with E-state index in [1.165, 1.54) is 24.3 Å². The van der Waals surface area contributed by atoms with Crippen LogP contribution in [-0.2, 0) is 11.4 Å². The number of halogens is 2. The molecular formula is C20H14Cl2N2O5S. The van der Waals surface area contributed by atoms with E-state index in [-0.39, 0.29) is 44.8 Å². The van der Waals surface area contributed by atoms with Crippen LogP contribution >= 0.6 is 35.0 Å². The van der Waals surface area contributed by atoms with Gasteiger partial charge in [-0.3, -0.25) is 24.6 Å². The fourth-order valence-electron chi connectivity index (χ4n) is 2.61. The summed E-state index contributed by atoms with van der Waals surface area (Å²) in [6.45, 7) is 3.78. The lowest BCUT2D eigenvalue weighted by molar-refractivity contribution is -0.384. The third-order valence-corrected chi connectivity index (χ3v) is 5.50. The molecule has 7 nitrogen and oxygen atoms in total. The van der Waals surface area contributed by atoms with E-state index < -0.39 is 10.8 Å². The summed E-state index contributed by atoms with van der Waals surface area (Å²) in [6, 6.07) is 9.05. The zero-order chi connectivity index (χ0) is 21.8. The van der Waals surface area contributed by atoms with Crippen LogP contribution in [0, 0.1) is 10.1 Å². The second-order valence-corrected chi connectivity index (χ2v) is 7.91. The van der Waals surface area contributed by atoms with Crippen molar-refractivity contribution in [3.8, 4) is 5.75 Å². The van der Waals surface area contributed by atoms with E-state index >= 15 is 0 Å². The lowest BCUT2D eigenvalue weighted by Gasteiger charge is -2.11. The SMILES string of the molecule is C=CCN1C(=O)S/C(=C/c2cc(Cl)c(OCc3ccc([N+](=O)[O-])cc3)c(Cl)c2)C1=O. The molecule has 3 rings (SSSR count). The Morgan fingerprint density at radius 3 is 2.37 bits per heavy atom. The van der Waals surface area contributed by atoms with Gasteiger partial charge in [-0.15, -0.1) is 6.58 Å². The molecular weight excluding hydrogens is 451 g/mol. The molecule has 0 N–H and O–H groups in total. The van der Waals surface area contributed by atoms with Crippen molar-refractivity contribution in [2.45, 2.75) is 6.61 Å². The Hall–Kier alpha value is -2.81. The summed E-state index contributed by atoms with van der Waals surface area (Å²) in [7, 11) is 0. The number of rotatable bonds is 7. The van der Waals surface area contributed by atoms with E-state index in [0.717, 1.165) is 16.7 Å². The van der Waals surface area contributed by atoms with Crippen LogP contribution in [0.2, 0.25) is 10.0 Å². The lowest BCUT2D eigenvalue weighted by atomic mass is 10.2. The van der Waals surface area contributed by atoms with Crippen LogP contribution < -0.4 is 4.74 Å². The molecule has 2 aromatic carbocycles. The first-order valence-corrected chi connectivity index (χ1v) is 10.1. The van der Waals surface area contributed by atoms with Crippen LogP contribution in [0.5, 0.6) is 5.75 Å². The predicted molar refractivity (Wildman–Crippen MR) is 117 cm³/mol. The Balaban J connectivity index is 1.75. The number of benzene rings is 2. The zero-order valence-corrected chi connectivity index (χ0v) is 17.7. The number of carbonyl (C=O) groups excluding carboxylic acids is 2. The fraction of sp³-hybridized carbons (Fsp3) is 0.100. The molecule has 10 heteroatoms. The first-order valence-electron chi connectivity index (χ1n) is 8.51. The third kappa shape index (κ3) is 4.84. The van der Waals surface area contributed by atoms with Gasteiger partial charge in [-0.1, -0.05) is 29.3 Å². The quantitative estimate of drug-likeness (QED) is 0.226. The fourth-order valence-corrected chi connectivity index (χ4v) is 4.07. The zero-order valence-electron chi connectivity index (χ0n) is 15.3. The highest BCUT2D eigenvalue weighted by molar-refractivity contribution is 8.18. The van der Waals surface area contributed by atoms with Crippen molar-refractivity contribution in [2.24, 2.45) is 0 Å². The molecule has 0 radical (unpaired) electrons. The Morgan fingerprint density at radius 1 is 1.17 bits per heavy atom. The predicted octanol–water partition coefficient (Wildman–Crippen LogP) is 5.70. The second-order valence-electron chi connectivity index (χ2n) is 6.11. The molecule has 0 spiro atoms. The first kappa shape index (κ1) is 21.9. The molecule has 1 heterocycles. The maximum atomic E-state index is 12.3. The Kier molecular flexibility index (Phi) is 6.81. The number of non-ortho nitro benzene ring substituents is 1. The van der Waals surface area contributed by atoms with E-state index in [1.807, 2.05) is 0 Å². The van der Waals surface area contributed by atoms with Crippen molar-refractivity contribution >= 4 is 57.9 Å². The summed E-state index contributed by atoms with van der Waals surface area (Å²) in [6.07, 6.45) is 3.01. The van der Waals surface area contributed by atoms with Crippen LogP contribution in [-0.4, -0.2) is 27.5 Å². The molecule has 2 amide bonds. The van der Waals surface area contributed by atoms with Gasteiger partial charge in [0.25, 0.3) is 16.8 Å². The Morgan fingerprint density at radius 2 is 1.80 bits per heavy atom. The van der Waals surface area contributed by atoms with Crippen molar-refractivity contribution in [1.29, 1.82) is 0 Å². The normalized spacial score (nSPS) is 15.0. The molecule has 1 fully saturated rings.